The summed E-state index contributed by atoms with van der Waals surface area (Å²) in [7, 11) is 1.59. The van der Waals surface area contributed by atoms with Crippen molar-refractivity contribution >= 4 is 29.3 Å². The molecule has 0 radical (unpaired) electrons. The Labute approximate surface area is 196 Å². The third-order valence-corrected chi connectivity index (χ3v) is 7.41. The van der Waals surface area contributed by atoms with E-state index in [9.17, 15) is 4.79 Å². The number of halogens is 1. The maximum atomic E-state index is 13.6. The Balaban J connectivity index is 1.54. The number of thioether (sulfide) groups is 1. The van der Waals surface area contributed by atoms with Gasteiger partial charge in [-0.1, -0.05) is 59.8 Å². The van der Waals surface area contributed by atoms with Crippen LogP contribution in [0.4, 0.5) is 0 Å². The highest BCUT2D eigenvalue weighted by Crippen LogP contribution is 2.41. The lowest BCUT2D eigenvalue weighted by atomic mass is 10.0. The first-order valence-electron chi connectivity index (χ1n) is 10.7. The maximum absolute atomic E-state index is 13.6. The fraction of sp³-hybridized carbons (Fsp3) is 0.348. The molecule has 0 saturated carbocycles. The number of nitrogens with zero attached hydrogens (tertiary/aromatic N) is 4. The quantitative estimate of drug-likeness (QED) is 0.611. The van der Waals surface area contributed by atoms with Crippen LogP contribution in [0.5, 0.6) is 5.75 Å². The first-order valence-corrected chi connectivity index (χ1v) is 12.0. The smallest absolute Gasteiger partial charge is 0.238 e. The van der Waals surface area contributed by atoms with Crippen LogP contribution < -0.4 is 10.2 Å². The SMILES string of the molecule is COc1ccc(C2Nn3c(nnc3-c3ccccc3)SC2C(=O)N2CCCCC2)cc1Cl. The summed E-state index contributed by atoms with van der Waals surface area (Å²) >= 11 is 7.90. The van der Waals surface area contributed by atoms with Crippen LogP contribution in [0.1, 0.15) is 30.9 Å². The summed E-state index contributed by atoms with van der Waals surface area (Å²) in [6.07, 6.45) is 3.26. The van der Waals surface area contributed by atoms with Crippen molar-refractivity contribution < 1.29 is 9.53 Å². The zero-order chi connectivity index (χ0) is 22.1. The number of aromatic nitrogens is 3. The zero-order valence-electron chi connectivity index (χ0n) is 17.7. The molecule has 32 heavy (non-hydrogen) atoms. The first-order chi connectivity index (χ1) is 15.7. The zero-order valence-corrected chi connectivity index (χ0v) is 19.3. The molecule has 7 nitrogen and oxygen atoms in total. The van der Waals surface area contributed by atoms with Gasteiger partial charge in [0.2, 0.25) is 11.1 Å². The van der Waals surface area contributed by atoms with E-state index in [1.54, 1.807) is 7.11 Å². The Morgan fingerprint density at radius 3 is 2.62 bits per heavy atom. The molecule has 0 aliphatic carbocycles. The molecule has 5 rings (SSSR count). The van der Waals surface area contributed by atoms with Crippen LogP contribution in [0.3, 0.4) is 0 Å². The average molecular weight is 470 g/mol. The summed E-state index contributed by atoms with van der Waals surface area (Å²) in [5.41, 5.74) is 5.38. The van der Waals surface area contributed by atoms with Crippen LogP contribution in [0, 0.1) is 0 Å². The highest BCUT2D eigenvalue weighted by molar-refractivity contribution is 8.00. The predicted molar refractivity (Wildman–Crippen MR) is 126 cm³/mol. The van der Waals surface area contributed by atoms with Crippen molar-refractivity contribution in [3.8, 4) is 17.1 Å². The van der Waals surface area contributed by atoms with Gasteiger partial charge >= 0.3 is 0 Å². The maximum Gasteiger partial charge on any atom is 0.238 e. The standard InChI is InChI=1S/C23H24ClN5O2S/c1-31-18-11-10-16(14-17(18)24)19-20(22(30)28-12-6-3-7-13-28)32-23-26-25-21(29(23)27-19)15-8-4-2-5-9-15/h2,4-5,8-11,14,19-20,27H,3,6-7,12-13H2,1H3. The van der Waals surface area contributed by atoms with E-state index in [0.717, 1.165) is 37.1 Å². The minimum atomic E-state index is -0.377. The molecule has 166 valence electrons. The Hall–Kier alpha value is -2.71. The van der Waals surface area contributed by atoms with Gasteiger partial charge in [0.05, 0.1) is 18.2 Å². The van der Waals surface area contributed by atoms with E-state index >= 15 is 0 Å². The van der Waals surface area contributed by atoms with Crippen molar-refractivity contribution in [3.05, 3.63) is 59.1 Å². The molecule has 1 aromatic heterocycles. The lowest BCUT2D eigenvalue weighted by Crippen LogP contribution is -2.47. The van der Waals surface area contributed by atoms with E-state index in [-0.39, 0.29) is 17.2 Å². The normalized spacial score (nSPS) is 20.4. The Morgan fingerprint density at radius 2 is 1.91 bits per heavy atom. The third-order valence-electron chi connectivity index (χ3n) is 5.91. The number of benzene rings is 2. The van der Waals surface area contributed by atoms with E-state index in [2.05, 4.69) is 15.6 Å². The summed E-state index contributed by atoms with van der Waals surface area (Å²) in [5.74, 6) is 1.43. The van der Waals surface area contributed by atoms with Crippen LogP contribution in [-0.4, -0.2) is 51.1 Å². The third kappa shape index (κ3) is 3.93. The number of hydrogen-bond acceptors (Lipinski definition) is 6. The number of likely N-dealkylation sites (tertiary alicyclic amines) is 1. The summed E-state index contributed by atoms with van der Waals surface area (Å²) in [5, 5.41) is 9.60. The Morgan fingerprint density at radius 1 is 1.12 bits per heavy atom. The largest absolute Gasteiger partial charge is 0.495 e. The fourth-order valence-electron chi connectivity index (χ4n) is 4.24. The number of ether oxygens (including phenoxy) is 1. The minimum absolute atomic E-state index is 0.120. The van der Waals surface area contributed by atoms with Gasteiger partial charge in [-0.15, -0.1) is 10.2 Å². The van der Waals surface area contributed by atoms with Gasteiger partial charge < -0.3 is 15.1 Å². The van der Waals surface area contributed by atoms with Crippen molar-refractivity contribution in [2.75, 3.05) is 25.6 Å². The summed E-state index contributed by atoms with van der Waals surface area (Å²) in [6, 6.07) is 15.3. The Kier molecular flexibility index (Phi) is 5.97. The lowest BCUT2D eigenvalue weighted by Gasteiger charge is -2.37. The first kappa shape index (κ1) is 21.2. The minimum Gasteiger partial charge on any atom is -0.495 e. The molecule has 1 amide bonds. The van der Waals surface area contributed by atoms with E-state index in [0.29, 0.717) is 21.8 Å². The van der Waals surface area contributed by atoms with Crippen molar-refractivity contribution in [1.82, 2.24) is 19.8 Å². The van der Waals surface area contributed by atoms with Gasteiger partial charge in [-0.05, 0) is 37.0 Å². The van der Waals surface area contributed by atoms with Gasteiger partial charge in [-0.2, -0.15) is 0 Å². The molecule has 2 aliphatic rings. The second-order valence-electron chi connectivity index (χ2n) is 7.93. The molecule has 2 aromatic carbocycles. The van der Waals surface area contributed by atoms with Crippen molar-refractivity contribution in [3.63, 3.8) is 0 Å². The molecule has 1 saturated heterocycles. The lowest BCUT2D eigenvalue weighted by molar-refractivity contribution is -0.131. The molecule has 2 atom stereocenters. The second kappa shape index (κ2) is 9.03. The fourth-order valence-corrected chi connectivity index (χ4v) is 5.67. The van der Waals surface area contributed by atoms with Gasteiger partial charge in [-0.3, -0.25) is 4.79 Å². The number of amides is 1. The van der Waals surface area contributed by atoms with Gasteiger partial charge in [-0.25, -0.2) is 4.68 Å². The molecular weight excluding hydrogens is 446 g/mol. The second-order valence-corrected chi connectivity index (χ2v) is 9.45. The van der Waals surface area contributed by atoms with Crippen LogP contribution in [-0.2, 0) is 4.79 Å². The number of fused-ring (bicyclic) bond motifs is 1. The van der Waals surface area contributed by atoms with Crippen molar-refractivity contribution in [2.24, 2.45) is 0 Å². The highest BCUT2D eigenvalue weighted by Gasteiger charge is 2.40. The van der Waals surface area contributed by atoms with Gasteiger partial charge in [0.1, 0.15) is 11.0 Å². The van der Waals surface area contributed by atoms with E-state index < -0.39 is 0 Å². The van der Waals surface area contributed by atoms with Crippen molar-refractivity contribution in [2.45, 2.75) is 35.7 Å². The molecule has 1 fully saturated rings. The number of hydrogen-bond donors (Lipinski definition) is 1. The van der Waals surface area contributed by atoms with Crippen LogP contribution in [0.25, 0.3) is 11.4 Å². The molecule has 9 heteroatoms. The van der Waals surface area contributed by atoms with Crippen LogP contribution in [0.2, 0.25) is 5.02 Å². The van der Waals surface area contributed by atoms with E-state index in [4.69, 9.17) is 16.3 Å². The molecule has 0 bridgehead atoms. The molecule has 3 heterocycles. The highest BCUT2D eigenvalue weighted by atomic mass is 35.5. The Bertz CT molecular complexity index is 1120. The monoisotopic (exact) mass is 469 g/mol. The number of nitrogens with one attached hydrogen (secondary N) is 1. The predicted octanol–water partition coefficient (Wildman–Crippen LogP) is 4.38. The number of carbonyl (C=O) groups is 1. The molecular formula is C23H24ClN5O2S. The molecule has 0 spiro atoms. The average Bonchev–Trinajstić information content (AvgIpc) is 3.27. The number of rotatable bonds is 4. The van der Waals surface area contributed by atoms with Crippen LogP contribution in [0.15, 0.2) is 53.7 Å². The molecule has 1 N–H and O–H groups in total. The van der Waals surface area contributed by atoms with Gasteiger partial charge in [0.25, 0.3) is 0 Å². The van der Waals surface area contributed by atoms with Crippen LogP contribution >= 0.6 is 23.4 Å². The van der Waals surface area contributed by atoms with Gasteiger partial charge in [0.15, 0.2) is 5.82 Å². The van der Waals surface area contributed by atoms with E-state index in [1.807, 2.05) is 58.1 Å². The van der Waals surface area contributed by atoms with Gasteiger partial charge in [0, 0.05) is 18.7 Å². The summed E-state index contributed by atoms with van der Waals surface area (Å²) < 4.78 is 7.20. The topological polar surface area (TPSA) is 72.3 Å². The van der Waals surface area contributed by atoms with Crippen molar-refractivity contribution in [1.29, 1.82) is 0 Å². The number of methoxy groups -OCH3 is 1. The van der Waals surface area contributed by atoms with E-state index in [1.165, 1.54) is 18.2 Å². The number of piperidine rings is 1. The number of carbonyl (C=O) groups excluding carboxylic acids is 1. The molecule has 2 aliphatic heterocycles. The summed E-state index contributed by atoms with van der Waals surface area (Å²) in [4.78, 5) is 15.6. The molecule has 3 aromatic rings. The molecule has 2 unspecified atom stereocenters. The summed E-state index contributed by atoms with van der Waals surface area (Å²) in [6.45, 7) is 1.60.